The molecule has 1 saturated heterocycles. The van der Waals surface area contributed by atoms with Crippen LogP contribution in [0.4, 0.5) is 4.39 Å². The monoisotopic (exact) mass is 427 g/mol. The first-order chi connectivity index (χ1) is 14.2. The Bertz CT molecular complexity index is 938. The van der Waals surface area contributed by atoms with Gasteiger partial charge in [-0.2, -0.15) is 0 Å². The Morgan fingerprint density at radius 2 is 1.76 bits per heavy atom. The van der Waals surface area contributed by atoms with E-state index in [1.54, 1.807) is 23.5 Å². The van der Waals surface area contributed by atoms with Crippen LogP contribution in [-0.4, -0.2) is 52.6 Å². The highest BCUT2D eigenvalue weighted by molar-refractivity contribution is 8.00. The average Bonchev–Trinajstić information content (AvgIpc) is 3.23. The number of piperazine rings is 1. The van der Waals surface area contributed by atoms with E-state index in [0.717, 1.165) is 53.9 Å². The van der Waals surface area contributed by atoms with Crippen LogP contribution in [0.25, 0.3) is 11.3 Å². The van der Waals surface area contributed by atoms with Crippen molar-refractivity contribution in [3.63, 3.8) is 0 Å². The maximum absolute atomic E-state index is 13.0. The number of hydrogen-bond donors (Lipinski definition) is 0. The van der Waals surface area contributed by atoms with E-state index in [1.807, 2.05) is 23.1 Å². The van der Waals surface area contributed by atoms with E-state index in [9.17, 15) is 9.18 Å². The first-order valence-corrected chi connectivity index (χ1v) is 11.4. The van der Waals surface area contributed by atoms with E-state index in [-0.39, 0.29) is 11.7 Å². The van der Waals surface area contributed by atoms with Crippen molar-refractivity contribution >= 4 is 29.0 Å². The zero-order valence-corrected chi connectivity index (χ0v) is 17.6. The second kappa shape index (κ2) is 9.52. The number of nitrogens with zero attached hydrogens (tertiary/aromatic N) is 3. The summed E-state index contributed by atoms with van der Waals surface area (Å²) in [5.74, 6) is 0.269. The number of amides is 1. The molecule has 0 N–H and O–H groups in total. The molecule has 0 saturated carbocycles. The summed E-state index contributed by atoms with van der Waals surface area (Å²) < 4.78 is 13.0. The first-order valence-electron chi connectivity index (χ1n) is 9.56. The highest BCUT2D eigenvalue weighted by Gasteiger charge is 2.22. The highest BCUT2D eigenvalue weighted by Crippen LogP contribution is 2.23. The Morgan fingerprint density at radius 3 is 2.48 bits per heavy atom. The minimum absolute atomic E-state index is 0.139. The van der Waals surface area contributed by atoms with Crippen molar-refractivity contribution in [2.24, 2.45) is 0 Å². The topological polar surface area (TPSA) is 36.4 Å². The molecule has 0 radical (unpaired) electrons. The quantitative estimate of drug-likeness (QED) is 0.547. The molecule has 2 aromatic carbocycles. The molecule has 1 aliphatic rings. The van der Waals surface area contributed by atoms with Crippen LogP contribution in [-0.2, 0) is 11.3 Å². The average molecular weight is 428 g/mol. The predicted octanol–water partition coefficient (Wildman–Crippen LogP) is 4.39. The van der Waals surface area contributed by atoms with Gasteiger partial charge in [0.15, 0.2) is 0 Å². The third kappa shape index (κ3) is 5.44. The maximum Gasteiger partial charge on any atom is 0.233 e. The molecule has 4 rings (SSSR count). The zero-order valence-electron chi connectivity index (χ0n) is 16.0. The molecular weight excluding hydrogens is 405 g/mol. The largest absolute Gasteiger partial charge is 0.339 e. The Kier molecular flexibility index (Phi) is 6.59. The second-order valence-corrected chi connectivity index (χ2v) is 8.88. The van der Waals surface area contributed by atoms with Gasteiger partial charge in [-0.05, 0) is 24.3 Å². The Balaban J connectivity index is 1.23. The van der Waals surface area contributed by atoms with Crippen LogP contribution >= 0.6 is 23.1 Å². The van der Waals surface area contributed by atoms with Crippen molar-refractivity contribution in [2.45, 2.75) is 11.4 Å². The number of aromatic nitrogens is 1. The molecule has 1 aromatic heterocycles. The van der Waals surface area contributed by atoms with Crippen LogP contribution in [0, 0.1) is 5.82 Å². The number of thioether (sulfide) groups is 1. The third-order valence-electron chi connectivity index (χ3n) is 4.88. The van der Waals surface area contributed by atoms with Crippen LogP contribution in [0.2, 0.25) is 0 Å². The first kappa shape index (κ1) is 20.1. The Hall–Kier alpha value is -2.22. The van der Waals surface area contributed by atoms with Gasteiger partial charge in [-0.15, -0.1) is 23.1 Å². The molecule has 7 heteroatoms. The van der Waals surface area contributed by atoms with Gasteiger partial charge in [-0.25, -0.2) is 9.37 Å². The minimum atomic E-state index is -0.257. The van der Waals surface area contributed by atoms with E-state index in [0.29, 0.717) is 5.75 Å². The molecule has 1 fully saturated rings. The number of benzene rings is 2. The fraction of sp³-hybridized carbons (Fsp3) is 0.273. The summed E-state index contributed by atoms with van der Waals surface area (Å²) in [5, 5.41) is 3.22. The summed E-state index contributed by atoms with van der Waals surface area (Å²) in [6.07, 6.45) is 0. The molecule has 1 amide bonds. The number of carbonyl (C=O) groups excluding carboxylic acids is 1. The molecule has 0 atom stereocenters. The summed E-state index contributed by atoms with van der Waals surface area (Å²) in [6, 6.07) is 16.5. The molecule has 4 nitrogen and oxygen atoms in total. The zero-order chi connectivity index (χ0) is 20.1. The standard InChI is InChI=1S/C22H22FN3OS2/c23-18-6-8-19(9-7-18)28-16-22(27)26-12-10-25(11-13-26)14-21-24-20(15-29-21)17-4-2-1-3-5-17/h1-9,15H,10-14,16H2. The van der Waals surface area contributed by atoms with Crippen LogP contribution in [0.15, 0.2) is 64.9 Å². The van der Waals surface area contributed by atoms with Crippen molar-refractivity contribution in [3.05, 3.63) is 70.8 Å². The molecule has 1 aliphatic heterocycles. The van der Waals surface area contributed by atoms with Crippen molar-refractivity contribution in [1.29, 1.82) is 0 Å². The number of rotatable bonds is 6. The maximum atomic E-state index is 13.0. The fourth-order valence-electron chi connectivity index (χ4n) is 3.24. The van der Waals surface area contributed by atoms with Gasteiger partial charge < -0.3 is 4.90 Å². The smallest absolute Gasteiger partial charge is 0.233 e. The summed E-state index contributed by atoms with van der Waals surface area (Å²) in [5.41, 5.74) is 2.17. The molecule has 0 aliphatic carbocycles. The summed E-state index contributed by atoms with van der Waals surface area (Å²) in [6.45, 7) is 4.00. The van der Waals surface area contributed by atoms with Crippen molar-refractivity contribution < 1.29 is 9.18 Å². The van der Waals surface area contributed by atoms with Gasteiger partial charge >= 0.3 is 0 Å². The normalized spacial score (nSPS) is 14.9. The summed E-state index contributed by atoms with van der Waals surface area (Å²) in [7, 11) is 0. The molecule has 0 bridgehead atoms. The molecule has 29 heavy (non-hydrogen) atoms. The van der Waals surface area contributed by atoms with E-state index >= 15 is 0 Å². The molecule has 2 heterocycles. The van der Waals surface area contributed by atoms with Crippen LogP contribution in [0.5, 0.6) is 0 Å². The second-order valence-electron chi connectivity index (χ2n) is 6.89. The summed E-state index contributed by atoms with van der Waals surface area (Å²) in [4.78, 5) is 22.4. The lowest BCUT2D eigenvalue weighted by molar-refractivity contribution is -0.130. The number of thiazole rings is 1. The third-order valence-corrected chi connectivity index (χ3v) is 6.71. The van der Waals surface area contributed by atoms with Gasteiger partial charge in [0.05, 0.1) is 18.0 Å². The molecular formula is C22H22FN3OS2. The van der Waals surface area contributed by atoms with Gasteiger partial charge in [-0.3, -0.25) is 9.69 Å². The fourth-order valence-corrected chi connectivity index (χ4v) is 4.88. The predicted molar refractivity (Wildman–Crippen MR) is 117 cm³/mol. The Labute approximate surface area is 178 Å². The molecule has 0 unspecified atom stereocenters. The van der Waals surface area contributed by atoms with Crippen LogP contribution < -0.4 is 0 Å². The summed E-state index contributed by atoms with van der Waals surface area (Å²) >= 11 is 3.14. The minimum Gasteiger partial charge on any atom is -0.339 e. The lowest BCUT2D eigenvalue weighted by Gasteiger charge is -2.34. The van der Waals surface area contributed by atoms with E-state index in [2.05, 4.69) is 22.4 Å². The van der Waals surface area contributed by atoms with E-state index in [1.165, 1.54) is 23.9 Å². The lowest BCUT2D eigenvalue weighted by atomic mass is 10.2. The van der Waals surface area contributed by atoms with Crippen molar-refractivity contribution in [3.8, 4) is 11.3 Å². The van der Waals surface area contributed by atoms with Gasteiger partial charge in [-0.1, -0.05) is 30.3 Å². The van der Waals surface area contributed by atoms with E-state index in [4.69, 9.17) is 4.98 Å². The van der Waals surface area contributed by atoms with Gasteiger partial charge in [0.25, 0.3) is 0 Å². The molecule has 0 spiro atoms. The van der Waals surface area contributed by atoms with Gasteiger partial charge in [0.2, 0.25) is 5.91 Å². The van der Waals surface area contributed by atoms with Crippen molar-refractivity contribution in [1.82, 2.24) is 14.8 Å². The highest BCUT2D eigenvalue weighted by atomic mass is 32.2. The van der Waals surface area contributed by atoms with Gasteiger partial charge in [0, 0.05) is 42.0 Å². The molecule has 3 aromatic rings. The number of hydrogen-bond acceptors (Lipinski definition) is 5. The molecule has 150 valence electrons. The van der Waals surface area contributed by atoms with Crippen LogP contribution in [0.1, 0.15) is 5.01 Å². The van der Waals surface area contributed by atoms with Crippen molar-refractivity contribution in [2.75, 3.05) is 31.9 Å². The lowest BCUT2D eigenvalue weighted by Crippen LogP contribution is -2.48. The SMILES string of the molecule is O=C(CSc1ccc(F)cc1)N1CCN(Cc2nc(-c3ccccc3)cs2)CC1. The number of halogens is 1. The van der Waals surface area contributed by atoms with Gasteiger partial charge in [0.1, 0.15) is 10.8 Å². The van der Waals surface area contributed by atoms with E-state index < -0.39 is 0 Å². The Morgan fingerprint density at radius 1 is 1.03 bits per heavy atom. The van der Waals surface area contributed by atoms with Crippen LogP contribution in [0.3, 0.4) is 0 Å². The number of carbonyl (C=O) groups is 1.